The number of primary amides is 1. The van der Waals surface area contributed by atoms with Crippen molar-refractivity contribution in [2.45, 2.75) is 24.8 Å². The van der Waals surface area contributed by atoms with Gasteiger partial charge in [-0.25, -0.2) is 8.42 Å². The molecule has 0 radical (unpaired) electrons. The maximum atomic E-state index is 12.8. The van der Waals surface area contributed by atoms with Gasteiger partial charge in [0, 0.05) is 6.42 Å². The van der Waals surface area contributed by atoms with Crippen molar-refractivity contribution in [3.05, 3.63) is 45.8 Å². The van der Waals surface area contributed by atoms with Gasteiger partial charge in [-0.1, -0.05) is 19.1 Å². The van der Waals surface area contributed by atoms with Gasteiger partial charge in [0.25, 0.3) is 11.8 Å². The summed E-state index contributed by atoms with van der Waals surface area (Å²) in [5, 5.41) is 3.11. The molecule has 2 amide bonds. The van der Waals surface area contributed by atoms with E-state index in [0.717, 1.165) is 23.5 Å². The van der Waals surface area contributed by atoms with E-state index in [1.165, 1.54) is 35.3 Å². The Morgan fingerprint density at radius 1 is 1.30 bits per heavy atom. The number of nitrogens with one attached hydrogen (secondary N) is 2. The first kappa shape index (κ1) is 19.5. The van der Waals surface area contributed by atoms with E-state index in [4.69, 9.17) is 5.73 Å². The fourth-order valence-corrected chi connectivity index (χ4v) is 5.67. The molecule has 0 spiro atoms. The third-order valence-electron chi connectivity index (χ3n) is 4.68. The molecular formula is C18H22N3O4S2+. The molecule has 2 heterocycles. The van der Waals surface area contributed by atoms with Crippen LogP contribution in [0.4, 0.5) is 5.00 Å². The Hall–Kier alpha value is -2.23. The zero-order chi connectivity index (χ0) is 19.8. The number of hydrogen-bond donors (Lipinski definition) is 3. The number of quaternary nitrogens is 1. The van der Waals surface area contributed by atoms with Crippen LogP contribution in [0.15, 0.2) is 29.2 Å². The van der Waals surface area contributed by atoms with Gasteiger partial charge in [0.1, 0.15) is 11.5 Å². The Labute approximate surface area is 162 Å². The molecule has 1 aliphatic heterocycles. The molecule has 3 rings (SSSR count). The molecule has 0 aliphatic carbocycles. The number of benzene rings is 1. The van der Waals surface area contributed by atoms with Crippen LogP contribution in [0, 0.1) is 0 Å². The Balaban J connectivity index is 2.00. The Morgan fingerprint density at radius 3 is 2.67 bits per heavy atom. The third-order valence-corrected chi connectivity index (χ3v) is 7.61. The van der Waals surface area contributed by atoms with Gasteiger partial charge in [-0.3, -0.25) is 9.59 Å². The highest BCUT2D eigenvalue weighted by molar-refractivity contribution is 7.91. The summed E-state index contributed by atoms with van der Waals surface area (Å²) >= 11 is 1.33. The lowest BCUT2D eigenvalue weighted by Crippen LogP contribution is -3.08. The van der Waals surface area contributed by atoms with Crippen molar-refractivity contribution in [2.75, 3.05) is 24.7 Å². The van der Waals surface area contributed by atoms with Gasteiger partial charge in [0.2, 0.25) is 0 Å². The maximum Gasteiger partial charge on any atom is 0.257 e. The highest BCUT2D eigenvalue weighted by Crippen LogP contribution is 2.35. The van der Waals surface area contributed by atoms with Gasteiger partial charge >= 0.3 is 0 Å². The van der Waals surface area contributed by atoms with E-state index in [0.29, 0.717) is 17.0 Å². The minimum atomic E-state index is -3.55. The van der Waals surface area contributed by atoms with Crippen LogP contribution in [0.25, 0.3) is 0 Å². The van der Waals surface area contributed by atoms with Gasteiger partial charge in [-0.15, -0.1) is 11.3 Å². The van der Waals surface area contributed by atoms with Crippen molar-refractivity contribution in [3.8, 4) is 0 Å². The molecule has 4 N–H and O–H groups in total. The number of sulfone groups is 1. The summed E-state index contributed by atoms with van der Waals surface area (Å²) in [4.78, 5) is 27.1. The molecule has 9 heteroatoms. The minimum absolute atomic E-state index is 0.0175. The summed E-state index contributed by atoms with van der Waals surface area (Å²) in [6, 6.07) is 6.07. The van der Waals surface area contributed by atoms with E-state index in [-0.39, 0.29) is 16.2 Å². The number of nitrogens with two attached hydrogens (primary N) is 1. The van der Waals surface area contributed by atoms with E-state index in [2.05, 4.69) is 12.4 Å². The molecule has 144 valence electrons. The van der Waals surface area contributed by atoms with Crippen LogP contribution in [0.1, 0.15) is 38.1 Å². The molecule has 0 saturated carbocycles. The SMILES string of the molecule is CCS(=O)(=O)c1ccccc1C(=O)Nc1sc2c(c1C(N)=O)CC[NH+](C)C2. The van der Waals surface area contributed by atoms with Gasteiger partial charge < -0.3 is 16.0 Å². The summed E-state index contributed by atoms with van der Waals surface area (Å²) in [5.41, 5.74) is 6.86. The van der Waals surface area contributed by atoms with Crippen molar-refractivity contribution in [1.29, 1.82) is 0 Å². The maximum absolute atomic E-state index is 12.8. The Kier molecular flexibility index (Phi) is 5.36. The van der Waals surface area contributed by atoms with Gasteiger partial charge in [0.15, 0.2) is 9.84 Å². The van der Waals surface area contributed by atoms with Crippen molar-refractivity contribution in [2.24, 2.45) is 5.73 Å². The summed E-state index contributed by atoms with van der Waals surface area (Å²) in [7, 11) is -1.49. The topological polar surface area (TPSA) is 111 Å². The zero-order valence-electron chi connectivity index (χ0n) is 15.2. The Bertz CT molecular complexity index is 1010. The van der Waals surface area contributed by atoms with Crippen LogP contribution in [0.2, 0.25) is 0 Å². The summed E-state index contributed by atoms with van der Waals surface area (Å²) in [6.45, 7) is 3.17. The fourth-order valence-electron chi connectivity index (χ4n) is 3.22. The molecule has 7 nitrogen and oxygen atoms in total. The lowest BCUT2D eigenvalue weighted by molar-refractivity contribution is -0.895. The number of amides is 2. The average molecular weight is 409 g/mol. The molecule has 0 fully saturated rings. The van der Waals surface area contributed by atoms with E-state index in [9.17, 15) is 18.0 Å². The number of anilines is 1. The highest BCUT2D eigenvalue weighted by Gasteiger charge is 2.29. The predicted octanol–water partition coefficient (Wildman–Crippen LogP) is 0.464. The normalized spacial score (nSPS) is 16.6. The highest BCUT2D eigenvalue weighted by atomic mass is 32.2. The van der Waals surface area contributed by atoms with Crippen LogP contribution in [0.3, 0.4) is 0 Å². The molecule has 0 bridgehead atoms. The third kappa shape index (κ3) is 3.76. The first-order chi connectivity index (χ1) is 12.7. The standard InChI is InChI=1S/C18H21N3O4S2/c1-3-27(24,25)14-7-5-4-6-12(14)17(23)20-18-15(16(19)22)11-8-9-21(2)10-13(11)26-18/h4-7H,3,8-10H2,1-2H3,(H2,19,22)(H,20,23)/p+1. The first-order valence-corrected chi connectivity index (χ1v) is 11.1. The molecule has 1 aromatic heterocycles. The van der Waals surface area contributed by atoms with Crippen molar-refractivity contribution < 1.29 is 22.9 Å². The van der Waals surface area contributed by atoms with Gasteiger partial charge in [-0.05, 0) is 17.7 Å². The second-order valence-corrected chi connectivity index (χ2v) is 9.91. The molecule has 1 aromatic carbocycles. The predicted molar refractivity (Wildman–Crippen MR) is 104 cm³/mol. The molecule has 27 heavy (non-hydrogen) atoms. The Morgan fingerprint density at radius 2 is 2.00 bits per heavy atom. The lowest BCUT2D eigenvalue weighted by atomic mass is 10.0. The lowest BCUT2D eigenvalue weighted by Gasteiger charge is -2.19. The number of carbonyl (C=O) groups is 2. The summed E-state index contributed by atoms with van der Waals surface area (Å²) < 4.78 is 24.6. The quantitative estimate of drug-likeness (QED) is 0.668. The van der Waals surface area contributed by atoms with Crippen molar-refractivity contribution in [3.63, 3.8) is 0 Å². The number of thiophene rings is 1. The summed E-state index contributed by atoms with van der Waals surface area (Å²) in [5.74, 6) is -1.26. The van der Waals surface area contributed by atoms with E-state index >= 15 is 0 Å². The van der Waals surface area contributed by atoms with E-state index < -0.39 is 21.7 Å². The molecule has 1 unspecified atom stereocenters. The largest absolute Gasteiger partial charge is 0.365 e. The van der Waals surface area contributed by atoms with Gasteiger partial charge in [-0.2, -0.15) is 0 Å². The van der Waals surface area contributed by atoms with Gasteiger partial charge in [0.05, 0.1) is 40.2 Å². The smallest absolute Gasteiger partial charge is 0.257 e. The molecule has 0 saturated heterocycles. The molecule has 1 atom stereocenters. The van der Waals surface area contributed by atoms with Crippen LogP contribution in [-0.4, -0.2) is 39.6 Å². The number of hydrogen-bond acceptors (Lipinski definition) is 5. The average Bonchev–Trinajstić information content (AvgIpc) is 2.98. The van der Waals surface area contributed by atoms with E-state index in [1.54, 1.807) is 12.1 Å². The fraction of sp³-hybridized carbons (Fsp3) is 0.333. The van der Waals surface area contributed by atoms with Crippen molar-refractivity contribution in [1.82, 2.24) is 0 Å². The molecular weight excluding hydrogens is 386 g/mol. The number of fused-ring (bicyclic) bond motifs is 1. The van der Waals surface area contributed by atoms with Crippen LogP contribution < -0.4 is 16.0 Å². The van der Waals surface area contributed by atoms with Crippen LogP contribution in [-0.2, 0) is 22.8 Å². The van der Waals surface area contributed by atoms with Crippen molar-refractivity contribution >= 4 is 38.0 Å². The minimum Gasteiger partial charge on any atom is -0.365 e. The zero-order valence-corrected chi connectivity index (χ0v) is 16.8. The van der Waals surface area contributed by atoms with Crippen LogP contribution in [0.5, 0.6) is 0 Å². The van der Waals surface area contributed by atoms with E-state index in [1.807, 2.05) is 0 Å². The van der Waals surface area contributed by atoms with Crippen LogP contribution >= 0.6 is 11.3 Å². The number of likely N-dealkylation sites (N-methyl/N-ethyl adjacent to an activating group) is 1. The first-order valence-electron chi connectivity index (χ1n) is 8.63. The monoisotopic (exact) mass is 408 g/mol. The number of carbonyl (C=O) groups excluding carboxylic acids is 2. The second-order valence-electron chi connectivity index (χ2n) is 6.56. The molecule has 2 aromatic rings. The second kappa shape index (κ2) is 7.41. The summed E-state index contributed by atoms with van der Waals surface area (Å²) in [6.07, 6.45) is 0.715. The molecule has 1 aliphatic rings. The number of rotatable bonds is 5.